The predicted octanol–water partition coefficient (Wildman–Crippen LogP) is 2.37. The lowest BCUT2D eigenvalue weighted by atomic mass is 10.1. The van der Waals surface area contributed by atoms with Crippen molar-refractivity contribution in [3.05, 3.63) is 59.7 Å². The zero-order chi connectivity index (χ0) is 24.6. The Balaban J connectivity index is 2.41. The lowest BCUT2D eigenvalue weighted by Crippen LogP contribution is -2.52. The monoisotopic (exact) mass is 475 g/mol. The highest BCUT2D eigenvalue weighted by atomic mass is 32.2. The molecule has 0 unspecified atom stereocenters. The lowest BCUT2D eigenvalue weighted by Gasteiger charge is -2.33. The number of sulfonamides is 1. The molecule has 33 heavy (non-hydrogen) atoms. The number of benzene rings is 2. The van der Waals surface area contributed by atoms with Gasteiger partial charge in [0.25, 0.3) is 0 Å². The molecule has 2 aromatic rings. The molecule has 2 aromatic carbocycles. The first-order valence-corrected chi connectivity index (χ1v) is 12.6. The summed E-state index contributed by atoms with van der Waals surface area (Å²) in [5.41, 5.74) is 2.12. The summed E-state index contributed by atoms with van der Waals surface area (Å²) in [7, 11) is -0.851. The van der Waals surface area contributed by atoms with Crippen molar-refractivity contribution in [1.29, 1.82) is 0 Å². The molecule has 2 amide bonds. The SMILES string of the molecule is CC[C@H](C(=O)NC)N(CCc1ccccc1)C(=O)CN(c1cc(C)ccc1OC)S(C)(=O)=O. The number of nitrogens with one attached hydrogen (secondary N) is 1. The number of aryl methyl sites for hydroxylation is 1. The number of likely N-dealkylation sites (N-methyl/N-ethyl adjacent to an activating group) is 1. The number of hydrogen-bond acceptors (Lipinski definition) is 5. The highest BCUT2D eigenvalue weighted by molar-refractivity contribution is 7.92. The molecule has 0 aliphatic rings. The number of carbonyl (C=O) groups excluding carboxylic acids is 2. The van der Waals surface area contributed by atoms with Crippen molar-refractivity contribution in [2.24, 2.45) is 0 Å². The zero-order valence-electron chi connectivity index (χ0n) is 19.9. The Morgan fingerprint density at radius 1 is 1.12 bits per heavy atom. The molecule has 8 nitrogen and oxygen atoms in total. The number of carbonyl (C=O) groups is 2. The molecule has 1 N–H and O–H groups in total. The van der Waals surface area contributed by atoms with Gasteiger partial charge in [-0.15, -0.1) is 0 Å². The Morgan fingerprint density at radius 3 is 2.33 bits per heavy atom. The predicted molar refractivity (Wildman–Crippen MR) is 130 cm³/mol. The molecule has 0 saturated carbocycles. The van der Waals surface area contributed by atoms with E-state index in [1.54, 1.807) is 18.2 Å². The van der Waals surface area contributed by atoms with Gasteiger partial charge in [0, 0.05) is 13.6 Å². The number of methoxy groups -OCH3 is 1. The maximum Gasteiger partial charge on any atom is 0.244 e. The second kappa shape index (κ2) is 11.7. The normalized spacial score (nSPS) is 12.0. The van der Waals surface area contributed by atoms with Gasteiger partial charge in [-0.2, -0.15) is 0 Å². The van der Waals surface area contributed by atoms with Gasteiger partial charge in [0.1, 0.15) is 18.3 Å². The standard InChI is InChI=1S/C24H33N3O5S/c1-6-20(24(29)25-3)26(15-14-19-10-8-7-9-11-19)23(28)17-27(33(5,30)31)21-16-18(2)12-13-22(21)32-4/h7-13,16,20H,6,14-15,17H2,1-5H3,(H,25,29)/t20-/m1/s1. The first kappa shape index (κ1) is 26.2. The van der Waals surface area contributed by atoms with Gasteiger partial charge in [-0.1, -0.05) is 43.3 Å². The van der Waals surface area contributed by atoms with Crippen LogP contribution in [0.2, 0.25) is 0 Å². The van der Waals surface area contributed by atoms with Crippen LogP contribution in [0.4, 0.5) is 5.69 Å². The van der Waals surface area contributed by atoms with Gasteiger partial charge in [-0.25, -0.2) is 8.42 Å². The summed E-state index contributed by atoms with van der Waals surface area (Å²) in [5, 5.41) is 2.61. The van der Waals surface area contributed by atoms with Gasteiger partial charge < -0.3 is 15.0 Å². The summed E-state index contributed by atoms with van der Waals surface area (Å²) in [6, 6.07) is 14.0. The second-order valence-electron chi connectivity index (χ2n) is 7.81. The van der Waals surface area contributed by atoms with Gasteiger partial charge in [-0.3, -0.25) is 13.9 Å². The molecular formula is C24H33N3O5S. The van der Waals surface area contributed by atoms with E-state index in [0.717, 1.165) is 21.7 Å². The van der Waals surface area contributed by atoms with E-state index in [2.05, 4.69) is 5.32 Å². The smallest absolute Gasteiger partial charge is 0.244 e. The third-order valence-electron chi connectivity index (χ3n) is 5.40. The van der Waals surface area contributed by atoms with Crippen LogP contribution in [0, 0.1) is 6.92 Å². The van der Waals surface area contributed by atoms with Crippen LogP contribution in [0.15, 0.2) is 48.5 Å². The summed E-state index contributed by atoms with van der Waals surface area (Å²) >= 11 is 0. The highest BCUT2D eigenvalue weighted by Crippen LogP contribution is 2.31. The van der Waals surface area contributed by atoms with Crippen LogP contribution in [0.3, 0.4) is 0 Å². The molecular weight excluding hydrogens is 442 g/mol. The van der Waals surface area contributed by atoms with E-state index in [1.807, 2.05) is 44.2 Å². The average Bonchev–Trinajstić information content (AvgIpc) is 2.79. The molecule has 0 aliphatic heterocycles. The summed E-state index contributed by atoms with van der Waals surface area (Å²) in [6.45, 7) is 3.48. The van der Waals surface area contributed by atoms with Crippen molar-refractivity contribution in [2.75, 3.05) is 37.8 Å². The molecule has 0 fully saturated rings. The van der Waals surface area contributed by atoms with Crippen molar-refractivity contribution in [1.82, 2.24) is 10.2 Å². The lowest BCUT2D eigenvalue weighted by molar-refractivity contribution is -0.139. The summed E-state index contributed by atoms with van der Waals surface area (Å²) < 4.78 is 31.8. The third kappa shape index (κ3) is 6.95. The molecule has 2 rings (SSSR count). The van der Waals surface area contributed by atoms with Crippen LogP contribution in [-0.4, -0.2) is 64.7 Å². The Labute approximate surface area is 196 Å². The maximum absolute atomic E-state index is 13.5. The number of rotatable bonds is 11. The van der Waals surface area contributed by atoms with Crippen LogP contribution in [0.5, 0.6) is 5.75 Å². The van der Waals surface area contributed by atoms with Crippen molar-refractivity contribution in [3.8, 4) is 5.75 Å². The van der Waals surface area contributed by atoms with Gasteiger partial charge in [0.05, 0.1) is 19.1 Å². The van der Waals surface area contributed by atoms with Crippen LogP contribution < -0.4 is 14.4 Å². The minimum Gasteiger partial charge on any atom is -0.495 e. The van der Waals surface area contributed by atoms with Gasteiger partial charge >= 0.3 is 0 Å². The van der Waals surface area contributed by atoms with E-state index < -0.39 is 28.5 Å². The van der Waals surface area contributed by atoms with Gasteiger partial charge in [0.2, 0.25) is 21.8 Å². The molecule has 1 atom stereocenters. The summed E-state index contributed by atoms with van der Waals surface area (Å²) in [6.07, 6.45) is 1.98. The van der Waals surface area contributed by atoms with Crippen LogP contribution in [0.25, 0.3) is 0 Å². The maximum atomic E-state index is 13.5. The van der Waals surface area contributed by atoms with Gasteiger partial charge in [-0.05, 0) is 43.0 Å². The van der Waals surface area contributed by atoms with Crippen molar-refractivity contribution in [2.45, 2.75) is 32.7 Å². The average molecular weight is 476 g/mol. The first-order chi connectivity index (χ1) is 15.6. The van der Waals surface area contributed by atoms with Crippen molar-refractivity contribution < 1.29 is 22.7 Å². The number of nitrogens with zero attached hydrogens (tertiary/aromatic N) is 2. The van der Waals surface area contributed by atoms with E-state index in [1.165, 1.54) is 19.1 Å². The molecule has 0 aromatic heterocycles. The van der Waals surface area contributed by atoms with Crippen LogP contribution >= 0.6 is 0 Å². The molecule has 9 heteroatoms. The number of amides is 2. The van der Waals surface area contributed by atoms with Crippen LogP contribution in [0.1, 0.15) is 24.5 Å². The highest BCUT2D eigenvalue weighted by Gasteiger charge is 2.31. The summed E-state index contributed by atoms with van der Waals surface area (Å²) in [5.74, 6) is -0.415. The van der Waals surface area contributed by atoms with Crippen LogP contribution in [-0.2, 0) is 26.0 Å². The number of ether oxygens (including phenoxy) is 1. The largest absolute Gasteiger partial charge is 0.495 e. The Bertz CT molecular complexity index is 1060. The fraction of sp³-hybridized carbons (Fsp3) is 0.417. The molecule has 0 spiro atoms. The molecule has 0 bridgehead atoms. The fourth-order valence-corrected chi connectivity index (χ4v) is 4.50. The first-order valence-electron chi connectivity index (χ1n) is 10.8. The minimum atomic E-state index is -3.82. The minimum absolute atomic E-state index is 0.275. The molecule has 180 valence electrons. The van der Waals surface area contributed by atoms with E-state index in [0.29, 0.717) is 18.6 Å². The van der Waals surface area contributed by atoms with Crippen molar-refractivity contribution in [3.63, 3.8) is 0 Å². The Kier molecular flexibility index (Phi) is 9.28. The Morgan fingerprint density at radius 2 is 1.79 bits per heavy atom. The van der Waals surface area contributed by atoms with E-state index in [9.17, 15) is 18.0 Å². The Hall–Kier alpha value is -3.07. The van der Waals surface area contributed by atoms with Gasteiger partial charge in [0.15, 0.2) is 0 Å². The van der Waals surface area contributed by atoms with E-state index >= 15 is 0 Å². The zero-order valence-corrected chi connectivity index (χ0v) is 20.7. The fourth-order valence-electron chi connectivity index (χ4n) is 3.65. The topological polar surface area (TPSA) is 96.0 Å². The summed E-state index contributed by atoms with van der Waals surface area (Å²) in [4.78, 5) is 27.5. The van der Waals surface area contributed by atoms with E-state index in [-0.39, 0.29) is 18.1 Å². The van der Waals surface area contributed by atoms with Crippen molar-refractivity contribution >= 4 is 27.5 Å². The molecule has 0 heterocycles. The third-order valence-corrected chi connectivity index (χ3v) is 6.53. The quantitative estimate of drug-likeness (QED) is 0.538. The molecule has 0 radical (unpaired) electrons. The van der Waals surface area contributed by atoms with E-state index in [4.69, 9.17) is 4.74 Å². The number of hydrogen-bond donors (Lipinski definition) is 1. The number of anilines is 1. The molecule has 0 aliphatic carbocycles. The molecule has 0 saturated heterocycles. The second-order valence-corrected chi connectivity index (χ2v) is 9.71.